The van der Waals surface area contributed by atoms with Crippen molar-refractivity contribution in [1.82, 2.24) is 15.6 Å². The highest BCUT2D eigenvalue weighted by Crippen LogP contribution is 2.28. The predicted octanol–water partition coefficient (Wildman–Crippen LogP) is 3.84. The fourth-order valence-electron chi connectivity index (χ4n) is 3.39. The molecule has 2 heterocycles. The van der Waals surface area contributed by atoms with Gasteiger partial charge in [-0.1, -0.05) is 24.3 Å². The van der Waals surface area contributed by atoms with E-state index in [1.165, 1.54) is 4.88 Å². The van der Waals surface area contributed by atoms with Crippen LogP contribution in [0.1, 0.15) is 51.4 Å². The van der Waals surface area contributed by atoms with Gasteiger partial charge in [-0.05, 0) is 52.2 Å². The van der Waals surface area contributed by atoms with E-state index >= 15 is 0 Å². The zero-order chi connectivity index (χ0) is 19.6. The van der Waals surface area contributed by atoms with E-state index in [1.54, 1.807) is 11.3 Å². The number of hydrogen-bond donors (Lipinski definition) is 2. The van der Waals surface area contributed by atoms with Crippen molar-refractivity contribution in [3.8, 4) is 10.4 Å². The quantitative estimate of drug-likeness (QED) is 0.818. The van der Waals surface area contributed by atoms with Crippen LogP contribution in [0.3, 0.4) is 0 Å². The molecule has 5 nitrogen and oxygen atoms in total. The Morgan fingerprint density at radius 1 is 1.33 bits per heavy atom. The minimum Gasteiger partial charge on any atom is -0.371 e. The molecule has 0 aliphatic carbocycles. The number of amides is 1. The second-order valence-electron chi connectivity index (χ2n) is 8.17. The number of aromatic nitrogens is 1. The fraction of sp³-hybridized carbons (Fsp3) is 0.524. The molecule has 0 saturated carbocycles. The van der Waals surface area contributed by atoms with Crippen LogP contribution in [-0.4, -0.2) is 35.2 Å². The molecule has 1 saturated heterocycles. The van der Waals surface area contributed by atoms with E-state index in [0.29, 0.717) is 13.0 Å². The summed E-state index contributed by atoms with van der Waals surface area (Å²) in [5.74, 6) is 0.0323. The maximum atomic E-state index is 12.6. The number of rotatable bonds is 5. The van der Waals surface area contributed by atoms with Gasteiger partial charge in [0.1, 0.15) is 0 Å². The van der Waals surface area contributed by atoms with Crippen LogP contribution in [0, 0.1) is 6.92 Å². The van der Waals surface area contributed by atoms with Gasteiger partial charge in [0.2, 0.25) is 5.91 Å². The molecule has 0 unspecified atom stereocenters. The number of nitrogens with one attached hydrogen (secondary N) is 2. The van der Waals surface area contributed by atoms with Gasteiger partial charge in [-0.15, -0.1) is 11.3 Å². The van der Waals surface area contributed by atoms with Gasteiger partial charge < -0.3 is 15.4 Å². The Kier molecular flexibility index (Phi) is 5.99. The largest absolute Gasteiger partial charge is 0.371 e. The van der Waals surface area contributed by atoms with Crippen molar-refractivity contribution in [2.45, 2.75) is 64.8 Å². The van der Waals surface area contributed by atoms with Crippen LogP contribution in [0.4, 0.5) is 0 Å². The number of carbonyl (C=O) groups is 1. The van der Waals surface area contributed by atoms with E-state index in [-0.39, 0.29) is 29.7 Å². The van der Waals surface area contributed by atoms with Crippen LogP contribution in [0.2, 0.25) is 0 Å². The van der Waals surface area contributed by atoms with Crippen molar-refractivity contribution in [3.63, 3.8) is 0 Å². The summed E-state index contributed by atoms with van der Waals surface area (Å²) in [6.07, 6.45) is 0.789. The van der Waals surface area contributed by atoms with E-state index < -0.39 is 0 Å². The van der Waals surface area contributed by atoms with E-state index in [0.717, 1.165) is 16.8 Å². The highest BCUT2D eigenvalue weighted by atomic mass is 32.1. The van der Waals surface area contributed by atoms with Gasteiger partial charge in [0.25, 0.3) is 0 Å². The van der Waals surface area contributed by atoms with E-state index in [4.69, 9.17) is 4.74 Å². The van der Waals surface area contributed by atoms with Crippen LogP contribution in [-0.2, 0) is 9.53 Å². The first-order valence-corrected chi connectivity index (χ1v) is 10.3. The molecule has 1 aromatic heterocycles. The molecule has 1 fully saturated rings. The highest BCUT2D eigenvalue weighted by Gasteiger charge is 2.32. The first kappa shape index (κ1) is 20.0. The summed E-state index contributed by atoms with van der Waals surface area (Å²) in [6.45, 7) is 10.9. The summed E-state index contributed by atoms with van der Waals surface area (Å²) >= 11 is 1.65. The fourth-order valence-corrected chi connectivity index (χ4v) is 4.20. The Morgan fingerprint density at radius 2 is 2.04 bits per heavy atom. The van der Waals surface area contributed by atoms with Crippen LogP contribution >= 0.6 is 11.3 Å². The third kappa shape index (κ3) is 5.15. The van der Waals surface area contributed by atoms with Crippen molar-refractivity contribution >= 4 is 17.2 Å². The number of carbonyl (C=O) groups excluding carboxylic acids is 1. The van der Waals surface area contributed by atoms with Crippen molar-refractivity contribution in [2.24, 2.45) is 0 Å². The maximum Gasteiger partial charge on any atom is 0.237 e. The number of hydrogen-bond acceptors (Lipinski definition) is 5. The molecule has 1 amide bonds. The molecular weight excluding hydrogens is 358 g/mol. The van der Waals surface area contributed by atoms with Crippen molar-refractivity contribution in [3.05, 3.63) is 41.0 Å². The molecule has 6 heteroatoms. The average Bonchev–Trinajstić information content (AvgIpc) is 3.22. The summed E-state index contributed by atoms with van der Waals surface area (Å²) in [5, 5.41) is 6.40. The normalized spacial score (nSPS) is 21.2. The SMILES string of the molecule is Cc1ncsc1-c1ccc([C@H](C)NC(=O)[C@@H]2C[C@@H](OC(C)(C)C)CN2)cc1. The lowest BCUT2D eigenvalue weighted by Crippen LogP contribution is -2.41. The summed E-state index contributed by atoms with van der Waals surface area (Å²) in [5.41, 5.74) is 4.98. The average molecular weight is 388 g/mol. The number of ether oxygens (including phenoxy) is 1. The Labute approximate surface area is 165 Å². The number of thiazole rings is 1. The second kappa shape index (κ2) is 8.09. The molecule has 0 bridgehead atoms. The maximum absolute atomic E-state index is 12.6. The number of benzene rings is 1. The molecule has 2 N–H and O–H groups in total. The smallest absolute Gasteiger partial charge is 0.237 e. The van der Waals surface area contributed by atoms with E-state index in [1.807, 2.05) is 40.1 Å². The topological polar surface area (TPSA) is 63.2 Å². The van der Waals surface area contributed by atoms with Gasteiger partial charge in [0.15, 0.2) is 0 Å². The Balaban J connectivity index is 1.56. The Hall–Kier alpha value is -1.76. The first-order valence-electron chi connectivity index (χ1n) is 9.45. The minimum atomic E-state index is -0.195. The predicted molar refractivity (Wildman–Crippen MR) is 110 cm³/mol. The summed E-state index contributed by atoms with van der Waals surface area (Å²) < 4.78 is 5.98. The molecule has 1 aliphatic heterocycles. The van der Waals surface area contributed by atoms with Gasteiger partial charge in [-0.2, -0.15) is 0 Å². The lowest BCUT2D eigenvalue weighted by molar-refractivity contribution is -0.124. The second-order valence-corrected chi connectivity index (χ2v) is 9.02. The minimum absolute atomic E-state index is 0.0323. The van der Waals surface area contributed by atoms with Gasteiger partial charge in [-0.3, -0.25) is 4.79 Å². The van der Waals surface area contributed by atoms with Crippen molar-refractivity contribution in [1.29, 1.82) is 0 Å². The van der Waals surface area contributed by atoms with E-state index in [2.05, 4.69) is 39.9 Å². The monoisotopic (exact) mass is 387 g/mol. The summed E-state index contributed by atoms with van der Waals surface area (Å²) in [6, 6.07) is 8.11. The molecular formula is C21H29N3O2S. The third-order valence-corrected chi connectivity index (χ3v) is 5.68. The first-order chi connectivity index (χ1) is 12.7. The van der Waals surface area contributed by atoms with Gasteiger partial charge in [-0.25, -0.2) is 4.98 Å². The van der Waals surface area contributed by atoms with Crippen LogP contribution in [0.25, 0.3) is 10.4 Å². The van der Waals surface area contributed by atoms with Crippen LogP contribution in [0.15, 0.2) is 29.8 Å². The standard InChI is InChI=1S/C21H29N3O2S/c1-13(15-6-8-16(9-7-15)19-14(2)23-12-27-19)24-20(25)18-10-17(11-22-18)26-21(3,4)5/h6-9,12-13,17-18,22H,10-11H2,1-5H3,(H,24,25)/t13-,17+,18-/m0/s1. The summed E-state index contributed by atoms with van der Waals surface area (Å²) in [4.78, 5) is 18.1. The van der Waals surface area contributed by atoms with Crippen LogP contribution < -0.4 is 10.6 Å². The van der Waals surface area contributed by atoms with Crippen molar-refractivity contribution in [2.75, 3.05) is 6.54 Å². The number of nitrogens with zero attached hydrogens (tertiary/aromatic N) is 1. The molecule has 27 heavy (non-hydrogen) atoms. The lowest BCUT2D eigenvalue weighted by atomic mass is 10.0. The van der Waals surface area contributed by atoms with Crippen molar-refractivity contribution < 1.29 is 9.53 Å². The highest BCUT2D eigenvalue weighted by molar-refractivity contribution is 7.13. The van der Waals surface area contributed by atoms with Gasteiger partial charge in [0, 0.05) is 6.54 Å². The lowest BCUT2D eigenvalue weighted by Gasteiger charge is -2.24. The molecule has 3 atom stereocenters. The Morgan fingerprint density at radius 3 is 2.63 bits per heavy atom. The molecule has 0 radical (unpaired) electrons. The van der Waals surface area contributed by atoms with Crippen LogP contribution in [0.5, 0.6) is 0 Å². The van der Waals surface area contributed by atoms with E-state index in [9.17, 15) is 4.79 Å². The summed E-state index contributed by atoms with van der Waals surface area (Å²) in [7, 11) is 0. The molecule has 2 aromatic rings. The van der Waals surface area contributed by atoms with Gasteiger partial charge >= 0.3 is 0 Å². The Bertz CT molecular complexity index is 779. The van der Waals surface area contributed by atoms with Gasteiger partial charge in [0.05, 0.1) is 39.9 Å². The molecule has 146 valence electrons. The third-order valence-electron chi connectivity index (χ3n) is 4.70. The number of aryl methyl sites for hydroxylation is 1. The molecule has 0 spiro atoms. The molecule has 1 aliphatic rings. The molecule has 1 aromatic carbocycles. The zero-order valence-corrected chi connectivity index (χ0v) is 17.5. The molecule has 3 rings (SSSR count). The zero-order valence-electron chi connectivity index (χ0n) is 16.7.